The minimum absolute atomic E-state index is 0.0400. The van der Waals surface area contributed by atoms with Gasteiger partial charge in [-0.2, -0.15) is 0 Å². The van der Waals surface area contributed by atoms with E-state index in [0.717, 1.165) is 18.9 Å². The van der Waals surface area contributed by atoms with Crippen LogP contribution in [-0.4, -0.2) is 35.1 Å². The van der Waals surface area contributed by atoms with Gasteiger partial charge in [0.1, 0.15) is 5.75 Å². The second kappa shape index (κ2) is 8.05. The highest BCUT2D eigenvalue weighted by molar-refractivity contribution is 7.92. The van der Waals surface area contributed by atoms with Crippen LogP contribution in [0.3, 0.4) is 0 Å². The van der Waals surface area contributed by atoms with E-state index in [2.05, 4.69) is 4.72 Å². The third kappa shape index (κ3) is 4.04. The van der Waals surface area contributed by atoms with E-state index >= 15 is 0 Å². The lowest BCUT2D eigenvalue weighted by Gasteiger charge is -2.28. The number of hydrogen-bond acceptors (Lipinski definition) is 5. The van der Waals surface area contributed by atoms with Gasteiger partial charge in [-0.3, -0.25) is 9.52 Å². The summed E-state index contributed by atoms with van der Waals surface area (Å²) in [6, 6.07) is 8.04. The molecule has 1 heterocycles. The van der Waals surface area contributed by atoms with Crippen LogP contribution in [0.5, 0.6) is 11.5 Å². The minimum atomic E-state index is -4.03. The second-order valence-corrected chi connectivity index (χ2v) is 7.97. The minimum Gasteiger partial charge on any atom is -0.495 e. The van der Waals surface area contributed by atoms with Gasteiger partial charge in [-0.25, -0.2) is 12.8 Å². The van der Waals surface area contributed by atoms with Gasteiger partial charge in [0, 0.05) is 13.0 Å². The Kier molecular flexibility index (Phi) is 5.73. The number of amides is 1. The van der Waals surface area contributed by atoms with Gasteiger partial charge < -0.3 is 14.4 Å². The Morgan fingerprint density at radius 1 is 1.04 bits per heavy atom. The molecule has 0 aliphatic carbocycles. The molecule has 9 heteroatoms. The van der Waals surface area contributed by atoms with Crippen LogP contribution in [0.1, 0.15) is 19.3 Å². The standard InChI is InChI=1S/C19H21FN2O5S/c1-26-17-9-7-14(12-15(17)20)28(24,25)21-13-6-8-18(27-2)16(11-13)22-10-4-3-5-19(22)23/h6-9,11-12,21H,3-5,10H2,1-2H3. The predicted octanol–water partition coefficient (Wildman–Crippen LogP) is 3.16. The van der Waals surface area contributed by atoms with Gasteiger partial charge in [-0.15, -0.1) is 0 Å². The fourth-order valence-electron chi connectivity index (χ4n) is 3.05. The second-order valence-electron chi connectivity index (χ2n) is 6.29. The van der Waals surface area contributed by atoms with E-state index in [-0.39, 0.29) is 22.2 Å². The number of piperidine rings is 1. The predicted molar refractivity (Wildman–Crippen MR) is 103 cm³/mol. The van der Waals surface area contributed by atoms with Gasteiger partial charge in [-0.05, 0) is 49.2 Å². The van der Waals surface area contributed by atoms with Crippen LogP contribution in [0.25, 0.3) is 0 Å². The Morgan fingerprint density at radius 3 is 2.39 bits per heavy atom. The number of carbonyl (C=O) groups is 1. The van der Waals surface area contributed by atoms with Crippen LogP contribution >= 0.6 is 0 Å². The van der Waals surface area contributed by atoms with Crippen molar-refractivity contribution in [2.24, 2.45) is 0 Å². The maximum absolute atomic E-state index is 13.9. The highest BCUT2D eigenvalue weighted by atomic mass is 32.2. The Balaban J connectivity index is 1.92. The highest BCUT2D eigenvalue weighted by Gasteiger charge is 2.24. The van der Waals surface area contributed by atoms with Crippen LogP contribution in [0, 0.1) is 5.82 Å². The van der Waals surface area contributed by atoms with E-state index in [9.17, 15) is 17.6 Å². The average molecular weight is 408 g/mol. The number of benzene rings is 2. The van der Waals surface area contributed by atoms with Crippen LogP contribution in [0.15, 0.2) is 41.3 Å². The molecule has 1 amide bonds. The molecule has 0 unspecified atom stereocenters. The van der Waals surface area contributed by atoms with Gasteiger partial charge in [-0.1, -0.05) is 0 Å². The molecule has 28 heavy (non-hydrogen) atoms. The van der Waals surface area contributed by atoms with Crippen molar-refractivity contribution in [3.8, 4) is 11.5 Å². The number of halogens is 1. The summed E-state index contributed by atoms with van der Waals surface area (Å²) in [7, 11) is -1.25. The number of rotatable bonds is 6. The summed E-state index contributed by atoms with van der Waals surface area (Å²) >= 11 is 0. The number of anilines is 2. The molecule has 1 N–H and O–H groups in total. The summed E-state index contributed by atoms with van der Waals surface area (Å²) in [5.74, 6) is -0.399. The molecule has 0 bridgehead atoms. The first-order chi connectivity index (χ1) is 13.4. The first-order valence-corrected chi connectivity index (χ1v) is 10.2. The summed E-state index contributed by atoms with van der Waals surface area (Å²) in [4.78, 5) is 13.6. The number of carbonyl (C=O) groups excluding carboxylic acids is 1. The van der Waals surface area contributed by atoms with E-state index in [4.69, 9.17) is 9.47 Å². The molecule has 150 valence electrons. The summed E-state index contributed by atoms with van der Waals surface area (Å²) in [6.45, 7) is 0.537. The van der Waals surface area contributed by atoms with Crippen molar-refractivity contribution in [3.05, 3.63) is 42.2 Å². The van der Waals surface area contributed by atoms with Crippen LogP contribution in [0.4, 0.5) is 15.8 Å². The zero-order chi connectivity index (χ0) is 20.3. The third-order valence-electron chi connectivity index (χ3n) is 4.48. The Labute approximate surface area is 163 Å². The number of nitrogens with zero attached hydrogens (tertiary/aromatic N) is 1. The van der Waals surface area contributed by atoms with Gasteiger partial charge in [0.25, 0.3) is 10.0 Å². The topological polar surface area (TPSA) is 84.9 Å². The maximum Gasteiger partial charge on any atom is 0.262 e. The smallest absolute Gasteiger partial charge is 0.262 e. The van der Waals surface area contributed by atoms with Gasteiger partial charge >= 0.3 is 0 Å². The van der Waals surface area contributed by atoms with Crippen LogP contribution in [0.2, 0.25) is 0 Å². The van der Waals surface area contributed by atoms with E-state index in [0.29, 0.717) is 24.4 Å². The summed E-state index contributed by atoms with van der Waals surface area (Å²) in [6.07, 6.45) is 2.12. The molecule has 1 aliphatic heterocycles. The molecule has 0 radical (unpaired) electrons. The number of hydrogen-bond donors (Lipinski definition) is 1. The molecular weight excluding hydrogens is 387 g/mol. The van der Waals surface area contributed by atoms with Gasteiger partial charge in [0.2, 0.25) is 5.91 Å². The Morgan fingerprint density at radius 2 is 1.75 bits per heavy atom. The number of methoxy groups -OCH3 is 2. The van der Waals surface area contributed by atoms with Crippen molar-refractivity contribution >= 4 is 27.3 Å². The number of sulfonamides is 1. The first-order valence-electron chi connectivity index (χ1n) is 8.70. The van der Waals surface area contributed by atoms with Crippen molar-refractivity contribution in [1.82, 2.24) is 0 Å². The summed E-state index contributed by atoms with van der Waals surface area (Å²) in [5.41, 5.74) is 0.735. The van der Waals surface area contributed by atoms with Crippen molar-refractivity contribution < 1.29 is 27.1 Å². The fourth-order valence-corrected chi connectivity index (χ4v) is 4.11. The zero-order valence-electron chi connectivity index (χ0n) is 15.6. The van der Waals surface area contributed by atoms with Gasteiger partial charge in [0.15, 0.2) is 11.6 Å². The lowest BCUT2D eigenvalue weighted by molar-refractivity contribution is -0.119. The first kappa shape index (κ1) is 19.9. The van der Waals surface area contributed by atoms with Crippen LogP contribution in [-0.2, 0) is 14.8 Å². The molecule has 1 saturated heterocycles. The van der Waals surface area contributed by atoms with E-state index in [1.807, 2.05) is 0 Å². The van der Waals surface area contributed by atoms with E-state index in [1.54, 1.807) is 17.0 Å². The lowest BCUT2D eigenvalue weighted by Crippen LogP contribution is -2.35. The molecule has 3 rings (SSSR count). The molecular formula is C19H21FN2O5S. The molecule has 2 aromatic carbocycles. The molecule has 0 saturated carbocycles. The molecule has 0 atom stereocenters. The van der Waals surface area contributed by atoms with Crippen molar-refractivity contribution in [1.29, 1.82) is 0 Å². The van der Waals surface area contributed by atoms with E-state index in [1.165, 1.54) is 32.4 Å². The third-order valence-corrected chi connectivity index (χ3v) is 5.86. The normalized spacial score (nSPS) is 14.7. The molecule has 0 spiro atoms. The largest absolute Gasteiger partial charge is 0.495 e. The van der Waals surface area contributed by atoms with Crippen LogP contribution < -0.4 is 19.1 Å². The molecule has 2 aromatic rings. The van der Waals surface area contributed by atoms with E-state index < -0.39 is 15.8 Å². The molecule has 7 nitrogen and oxygen atoms in total. The van der Waals surface area contributed by atoms with Crippen molar-refractivity contribution in [2.75, 3.05) is 30.4 Å². The molecule has 0 aromatic heterocycles. The lowest BCUT2D eigenvalue weighted by atomic mass is 10.1. The average Bonchev–Trinajstić information content (AvgIpc) is 2.68. The SMILES string of the molecule is COc1ccc(S(=O)(=O)Nc2ccc(OC)c(N3CCCCC3=O)c2)cc1F. The Bertz CT molecular complexity index is 994. The van der Waals surface area contributed by atoms with Crippen molar-refractivity contribution in [3.63, 3.8) is 0 Å². The Hall–Kier alpha value is -2.81. The van der Waals surface area contributed by atoms with Crippen molar-refractivity contribution in [2.45, 2.75) is 24.2 Å². The molecule has 1 fully saturated rings. The number of ether oxygens (including phenoxy) is 2. The quantitative estimate of drug-likeness (QED) is 0.794. The fraction of sp³-hybridized carbons (Fsp3) is 0.316. The molecule has 1 aliphatic rings. The monoisotopic (exact) mass is 408 g/mol. The number of nitrogens with one attached hydrogen (secondary N) is 1. The summed E-state index contributed by atoms with van der Waals surface area (Å²) in [5, 5.41) is 0. The summed E-state index contributed by atoms with van der Waals surface area (Å²) < 4.78 is 51.7. The highest BCUT2D eigenvalue weighted by Crippen LogP contribution is 2.34. The zero-order valence-corrected chi connectivity index (χ0v) is 16.4. The van der Waals surface area contributed by atoms with Gasteiger partial charge in [0.05, 0.1) is 30.5 Å². The maximum atomic E-state index is 13.9.